The van der Waals surface area contributed by atoms with E-state index in [1.165, 1.54) is 30.5 Å². The molecule has 0 aliphatic heterocycles. The third-order valence-electron chi connectivity index (χ3n) is 2.42. The third-order valence-corrected chi connectivity index (χ3v) is 2.42. The third kappa shape index (κ3) is 1.17. The Kier molecular flexibility index (Phi) is 1.98. The standard InChI is InChI=1S/C10H14N2/c1-2-12-8-11-7-10(12)9-5-3-4-6-9/h5,7-8H,2-4,6H2,1H3. The smallest absolute Gasteiger partial charge is 0.0950 e. The number of nitrogens with zero attached hydrogens (tertiary/aromatic N) is 2. The lowest BCUT2D eigenvalue weighted by molar-refractivity contribution is 0.748. The minimum Gasteiger partial charge on any atom is -0.331 e. The maximum absolute atomic E-state index is 4.16. The lowest BCUT2D eigenvalue weighted by Gasteiger charge is -2.04. The molecule has 0 unspecified atom stereocenters. The number of imidazole rings is 1. The Morgan fingerprint density at radius 1 is 1.58 bits per heavy atom. The number of aryl methyl sites for hydroxylation is 1. The van der Waals surface area contributed by atoms with Crippen LogP contribution in [0.15, 0.2) is 18.6 Å². The fourth-order valence-corrected chi connectivity index (χ4v) is 1.74. The van der Waals surface area contributed by atoms with Crippen molar-refractivity contribution < 1.29 is 0 Å². The van der Waals surface area contributed by atoms with E-state index >= 15 is 0 Å². The highest BCUT2D eigenvalue weighted by molar-refractivity contribution is 5.64. The second-order valence-corrected chi connectivity index (χ2v) is 3.19. The van der Waals surface area contributed by atoms with E-state index in [0.29, 0.717) is 0 Å². The Hall–Kier alpha value is -1.05. The second-order valence-electron chi connectivity index (χ2n) is 3.19. The lowest BCUT2D eigenvalue weighted by atomic mass is 10.2. The Morgan fingerprint density at radius 3 is 3.17 bits per heavy atom. The molecule has 12 heavy (non-hydrogen) atoms. The Morgan fingerprint density at radius 2 is 2.50 bits per heavy atom. The van der Waals surface area contributed by atoms with Gasteiger partial charge in [-0.05, 0) is 31.8 Å². The minimum absolute atomic E-state index is 1.02. The van der Waals surface area contributed by atoms with Gasteiger partial charge in [-0.15, -0.1) is 0 Å². The van der Waals surface area contributed by atoms with Gasteiger partial charge in [0.25, 0.3) is 0 Å². The summed E-state index contributed by atoms with van der Waals surface area (Å²) in [4.78, 5) is 4.16. The Balaban J connectivity index is 2.32. The van der Waals surface area contributed by atoms with Crippen LogP contribution < -0.4 is 0 Å². The van der Waals surface area contributed by atoms with Crippen molar-refractivity contribution in [2.45, 2.75) is 32.7 Å². The molecule has 0 fully saturated rings. The molecule has 0 radical (unpaired) electrons. The van der Waals surface area contributed by atoms with E-state index in [1.807, 2.05) is 12.5 Å². The molecule has 1 aliphatic carbocycles. The number of hydrogen-bond acceptors (Lipinski definition) is 1. The molecule has 0 amide bonds. The average molecular weight is 162 g/mol. The van der Waals surface area contributed by atoms with Gasteiger partial charge in [-0.3, -0.25) is 0 Å². The van der Waals surface area contributed by atoms with Gasteiger partial charge in [0.2, 0.25) is 0 Å². The first kappa shape index (κ1) is 7.59. The fourth-order valence-electron chi connectivity index (χ4n) is 1.74. The van der Waals surface area contributed by atoms with Crippen molar-refractivity contribution in [3.63, 3.8) is 0 Å². The molecule has 0 spiro atoms. The van der Waals surface area contributed by atoms with Gasteiger partial charge in [0.15, 0.2) is 0 Å². The van der Waals surface area contributed by atoms with Crippen LogP contribution in [0.1, 0.15) is 31.9 Å². The van der Waals surface area contributed by atoms with Crippen LogP contribution in [0.4, 0.5) is 0 Å². The first-order valence-electron chi connectivity index (χ1n) is 4.61. The Bertz CT molecular complexity index is 297. The van der Waals surface area contributed by atoms with E-state index in [4.69, 9.17) is 0 Å². The van der Waals surface area contributed by atoms with Crippen molar-refractivity contribution in [2.24, 2.45) is 0 Å². The van der Waals surface area contributed by atoms with Crippen molar-refractivity contribution in [1.29, 1.82) is 0 Å². The average Bonchev–Trinajstić information content (AvgIpc) is 2.74. The molecule has 0 saturated carbocycles. The van der Waals surface area contributed by atoms with Crippen LogP contribution in [0, 0.1) is 0 Å². The van der Waals surface area contributed by atoms with E-state index in [9.17, 15) is 0 Å². The van der Waals surface area contributed by atoms with Gasteiger partial charge in [0.1, 0.15) is 0 Å². The first-order chi connectivity index (χ1) is 5.92. The van der Waals surface area contributed by atoms with Crippen molar-refractivity contribution in [1.82, 2.24) is 9.55 Å². The van der Waals surface area contributed by atoms with Gasteiger partial charge in [-0.25, -0.2) is 4.98 Å². The highest BCUT2D eigenvalue weighted by Crippen LogP contribution is 2.26. The second kappa shape index (κ2) is 3.13. The summed E-state index contributed by atoms with van der Waals surface area (Å²) in [6.45, 7) is 3.17. The number of rotatable bonds is 2. The van der Waals surface area contributed by atoms with Gasteiger partial charge in [0.05, 0.1) is 18.2 Å². The number of aromatic nitrogens is 2. The van der Waals surface area contributed by atoms with E-state index in [0.717, 1.165) is 6.54 Å². The summed E-state index contributed by atoms with van der Waals surface area (Å²) in [6.07, 6.45) is 10.00. The molecule has 2 heteroatoms. The number of allylic oxidation sites excluding steroid dienone is 2. The summed E-state index contributed by atoms with van der Waals surface area (Å²) >= 11 is 0. The van der Waals surface area contributed by atoms with E-state index in [1.54, 1.807) is 0 Å². The van der Waals surface area contributed by atoms with E-state index < -0.39 is 0 Å². The van der Waals surface area contributed by atoms with Crippen molar-refractivity contribution >= 4 is 5.57 Å². The molecule has 1 heterocycles. The van der Waals surface area contributed by atoms with Crippen LogP contribution in [0.5, 0.6) is 0 Å². The van der Waals surface area contributed by atoms with E-state index in [-0.39, 0.29) is 0 Å². The molecule has 1 aromatic heterocycles. The van der Waals surface area contributed by atoms with Gasteiger partial charge in [-0.2, -0.15) is 0 Å². The van der Waals surface area contributed by atoms with Crippen LogP contribution in [0.25, 0.3) is 5.57 Å². The van der Waals surface area contributed by atoms with Crippen LogP contribution in [0.2, 0.25) is 0 Å². The van der Waals surface area contributed by atoms with Gasteiger partial charge in [0, 0.05) is 6.54 Å². The molecule has 64 valence electrons. The summed E-state index contributed by atoms with van der Waals surface area (Å²) in [5.74, 6) is 0. The highest BCUT2D eigenvalue weighted by atomic mass is 15.0. The summed E-state index contributed by atoms with van der Waals surface area (Å²) < 4.78 is 2.21. The molecule has 0 N–H and O–H groups in total. The topological polar surface area (TPSA) is 17.8 Å². The van der Waals surface area contributed by atoms with Crippen LogP contribution in [-0.4, -0.2) is 9.55 Å². The molecule has 1 aromatic rings. The van der Waals surface area contributed by atoms with Crippen LogP contribution in [0.3, 0.4) is 0 Å². The molecule has 2 nitrogen and oxygen atoms in total. The van der Waals surface area contributed by atoms with Gasteiger partial charge < -0.3 is 4.57 Å². The van der Waals surface area contributed by atoms with Gasteiger partial charge >= 0.3 is 0 Å². The maximum Gasteiger partial charge on any atom is 0.0950 e. The predicted octanol–water partition coefficient (Wildman–Crippen LogP) is 2.47. The monoisotopic (exact) mass is 162 g/mol. The zero-order valence-electron chi connectivity index (χ0n) is 7.45. The predicted molar refractivity (Wildman–Crippen MR) is 49.7 cm³/mol. The largest absolute Gasteiger partial charge is 0.331 e. The molecule has 0 saturated heterocycles. The Labute approximate surface area is 72.9 Å². The van der Waals surface area contributed by atoms with Crippen molar-refractivity contribution in [3.05, 3.63) is 24.3 Å². The van der Waals surface area contributed by atoms with Crippen molar-refractivity contribution in [2.75, 3.05) is 0 Å². The summed E-state index contributed by atoms with van der Waals surface area (Å²) in [5.41, 5.74) is 2.80. The molecule has 0 atom stereocenters. The minimum atomic E-state index is 1.02. The zero-order chi connectivity index (χ0) is 8.39. The van der Waals surface area contributed by atoms with E-state index in [2.05, 4.69) is 22.6 Å². The van der Waals surface area contributed by atoms with Crippen molar-refractivity contribution in [3.8, 4) is 0 Å². The summed E-state index contributed by atoms with van der Waals surface area (Å²) in [5, 5.41) is 0. The molecular formula is C10H14N2. The molecular weight excluding hydrogens is 148 g/mol. The lowest BCUT2D eigenvalue weighted by Crippen LogP contribution is -1.96. The molecule has 0 bridgehead atoms. The zero-order valence-corrected chi connectivity index (χ0v) is 7.45. The maximum atomic E-state index is 4.16. The van der Waals surface area contributed by atoms with Gasteiger partial charge in [-0.1, -0.05) is 6.08 Å². The summed E-state index contributed by atoms with van der Waals surface area (Å²) in [6, 6.07) is 0. The van der Waals surface area contributed by atoms with Crippen LogP contribution >= 0.6 is 0 Å². The molecule has 2 rings (SSSR count). The molecule has 0 aromatic carbocycles. The number of hydrogen-bond donors (Lipinski definition) is 0. The summed E-state index contributed by atoms with van der Waals surface area (Å²) in [7, 11) is 0. The molecule has 1 aliphatic rings. The highest BCUT2D eigenvalue weighted by Gasteiger charge is 2.10. The fraction of sp³-hybridized carbons (Fsp3) is 0.500. The normalized spacial score (nSPS) is 16.6. The first-order valence-corrected chi connectivity index (χ1v) is 4.61. The van der Waals surface area contributed by atoms with Crippen LogP contribution in [-0.2, 0) is 6.54 Å². The SMILES string of the molecule is CCn1cncc1C1=CCCC1. The quantitative estimate of drug-likeness (QED) is 0.653.